The van der Waals surface area contributed by atoms with E-state index < -0.39 is 9.28 Å². The van der Waals surface area contributed by atoms with Crippen molar-refractivity contribution in [3.63, 3.8) is 0 Å². The van der Waals surface area contributed by atoms with Crippen LogP contribution in [-0.4, -0.2) is 58.6 Å². The second kappa shape index (κ2) is 4.84. The van der Waals surface area contributed by atoms with E-state index in [0.717, 1.165) is 32.5 Å². The van der Waals surface area contributed by atoms with Crippen molar-refractivity contribution < 1.29 is 14.0 Å². The number of hydrogen-bond donors (Lipinski definition) is 1. The highest BCUT2D eigenvalue weighted by molar-refractivity contribution is 6.42. The highest BCUT2D eigenvalue weighted by atomic mass is 28.3. The summed E-state index contributed by atoms with van der Waals surface area (Å²) in [5.41, 5.74) is 0. The lowest BCUT2D eigenvalue weighted by molar-refractivity contribution is 0.0425. The van der Waals surface area contributed by atoms with E-state index in [-0.39, 0.29) is 0 Å². The van der Waals surface area contributed by atoms with Gasteiger partial charge in [-0.05, 0) is 0 Å². The van der Waals surface area contributed by atoms with Crippen LogP contribution in [0.25, 0.3) is 0 Å². The maximum atomic E-state index is 9.24. The van der Waals surface area contributed by atoms with Gasteiger partial charge in [0.25, 0.3) is 0 Å². The molecule has 1 aliphatic rings. The molecule has 1 heterocycles. The van der Waals surface area contributed by atoms with E-state index in [4.69, 9.17) is 9.16 Å². The highest BCUT2D eigenvalue weighted by Crippen LogP contribution is 1.96. The molecule has 11 heavy (non-hydrogen) atoms. The minimum absolute atomic E-state index is 0.722. The Morgan fingerprint density at radius 1 is 1.55 bits per heavy atom. The maximum absolute atomic E-state index is 9.24. The molecule has 0 aromatic rings. The van der Waals surface area contributed by atoms with Crippen LogP contribution in [0.1, 0.15) is 0 Å². The van der Waals surface area contributed by atoms with Gasteiger partial charge in [0.05, 0.1) is 13.2 Å². The Hall–Kier alpha value is 0.0569. The molecular formula is C6H15NO3Si. The monoisotopic (exact) mass is 177 g/mol. The molecule has 66 valence electrons. The molecule has 1 rings (SSSR count). The van der Waals surface area contributed by atoms with Crippen LogP contribution in [0.15, 0.2) is 0 Å². The highest BCUT2D eigenvalue weighted by Gasteiger charge is 2.15. The number of morpholine rings is 1. The summed E-state index contributed by atoms with van der Waals surface area (Å²) in [6.07, 6.45) is 0.722. The van der Waals surface area contributed by atoms with Crippen molar-refractivity contribution in [3.8, 4) is 0 Å². The fraction of sp³-hybridized carbons (Fsp3) is 1.00. The quantitative estimate of drug-likeness (QED) is 0.545. The first-order chi connectivity index (χ1) is 5.33. The molecule has 1 fully saturated rings. The topological polar surface area (TPSA) is 41.9 Å². The van der Waals surface area contributed by atoms with Gasteiger partial charge in [0.15, 0.2) is 0 Å². The summed E-state index contributed by atoms with van der Waals surface area (Å²) in [5.74, 6) is 0. The molecule has 0 aromatic carbocycles. The Balaban J connectivity index is 2.13. The van der Waals surface area contributed by atoms with Crippen molar-refractivity contribution in [3.05, 3.63) is 0 Å². The number of ether oxygens (including phenoxy) is 1. The molecule has 5 heteroatoms. The summed E-state index contributed by atoms with van der Waals surface area (Å²) in [6, 6.07) is 0. The van der Waals surface area contributed by atoms with E-state index in [1.54, 1.807) is 7.11 Å². The third-order valence-electron chi connectivity index (χ3n) is 1.79. The summed E-state index contributed by atoms with van der Waals surface area (Å²) >= 11 is 0. The van der Waals surface area contributed by atoms with Gasteiger partial charge in [-0.3, -0.25) is 4.90 Å². The lowest BCUT2D eigenvalue weighted by atomic mass is 10.5. The second-order valence-corrected chi connectivity index (χ2v) is 4.35. The van der Waals surface area contributed by atoms with Crippen LogP contribution < -0.4 is 0 Å². The van der Waals surface area contributed by atoms with Gasteiger partial charge in [-0.1, -0.05) is 0 Å². The summed E-state index contributed by atoms with van der Waals surface area (Å²) in [5, 5.41) is 0. The number of nitrogens with zero attached hydrogens (tertiary/aromatic N) is 1. The average molecular weight is 177 g/mol. The molecule has 4 nitrogen and oxygen atoms in total. The smallest absolute Gasteiger partial charge is 0.333 e. The van der Waals surface area contributed by atoms with Gasteiger partial charge in [-0.25, -0.2) is 0 Å². The largest absolute Gasteiger partial charge is 0.412 e. The van der Waals surface area contributed by atoms with Crippen molar-refractivity contribution in [2.45, 2.75) is 0 Å². The molecule has 1 aliphatic heterocycles. The molecule has 0 spiro atoms. The molecule has 1 N–H and O–H groups in total. The Labute approximate surface area is 68.6 Å². The molecule has 0 amide bonds. The minimum Gasteiger partial charge on any atom is -0.412 e. The predicted molar refractivity (Wildman–Crippen MR) is 43.6 cm³/mol. The fourth-order valence-corrected chi connectivity index (χ4v) is 2.04. The van der Waals surface area contributed by atoms with Crippen LogP contribution in [0.3, 0.4) is 0 Å². The zero-order valence-electron chi connectivity index (χ0n) is 6.82. The fourth-order valence-electron chi connectivity index (χ4n) is 1.08. The van der Waals surface area contributed by atoms with Gasteiger partial charge < -0.3 is 14.0 Å². The predicted octanol–water partition coefficient (Wildman–Crippen LogP) is -1.28. The van der Waals surface area contributed by atoms with Gasteiger partial charge in [-0.15, -0.1) is 0 Å². The normalized spacial score (nSPS) is 23.5. The van der Waals surface area contributed by atoms with Crippen LogP contribution in [0.2, 0.25) is 0 Å². The first-order valence-corrected chi connectivity index (χ1v) is 5.64. The minimum atomic E-state index is -1.88. The number of rotatable bonds is 3. The second-order valence-electron chi connectivity index (χ2n) is 2.60. The van der Waals surface area contributed by atoms with Gasteiger partial charge in [0, 0.05) is 26.4 Å². The Bertz CT molecular complexity index is 108. The summed E-state index contributed by atoms with van der Waals surface area (Å²) in [4.78, 5) is 11.4. The summed E-state index contributed by atoms with van der Waals surface area (Å²) < 4.78 is 10.0. The van der Waals surface area contributed by atoms with Crippen molar-refractivity contribution in [1.82, 2.24) is 4.90 Å². The maximum Gasteiger partial charge on any atom is 0.333 e. The summed E-state index contributed by atoms with van der Waals surface area (Å²) in [6.45, 7) is 3.41. The molecule has 1 unspecified atom stereocenters. The van der Waals surface area contributed by atoms with Crippen molar-refractivity contribution in [2.24, 2.45) is 0 Å². The van der Waals surface area contributed by atoms with E-state index in [9.17, 15) is 4.80 Å². The van der Waals surface area contributed by atoms with E-state index in [1.165, 1.54) is 0 Å². The van der Waals surface area contributed by atoms with Gasteiger partial charge in [-0.2, -0.15) is 0 Å². The molecular weight excluding hydrogens is 162 g/mol. The molecule has 1 atom stereocenters. The van der Waals surface area contributed by atoms with Crippen LogP contribution in [-0.2, 0) is 9.16 Å². The molecule has 0 bridgehead atoms. The van der Waals surface area contributed by atoms with E-state index in [2.05, 4.69) is 4.90 Å². The van der Waals surface area contributed by atoms with Crippen molar-refractivity contribution >= 4 is 9.28 Å². The van der Waals surface area contributed by atoms with Crippen LogP contribution in [0.4, 0.5) is 0 Å². The first kappa shape index (κ1) is 9.15. The van der Waals surface area contributed by atoms with Crippen LogP contribution in [0.5, 0.6) is 0 Å². The Morgan fingerprint density at radius 2 is 2.18 bits per heavy atom. The van der Waals surface area contributed by atoms with Gasteiger partial charge in [0.1, 0.15) is 0 Å². The SMILES string of the molecule is CO[SiH](O)CN1CCOCC1. The zero-order valence-corrected chi connectivity index (χ0v) is 7.98. The lowest BCUT2D eigenvalue weighted by Gasteiger charge is -2.27. The molecule has 0 radical (unpaired) electrons. The lowest BCUT2D eigenvalue weighted by Crippen LogP contribution is -2.43. The van der Waals surface area contributed by atoms with Gasteiger partial charge in [0.2, 0.25) is 0 Å². The third kappa shape index (κ3) is 3.30. The average Bonchev–Trinajstić information content (AvgIpc) is 2.06. The van der Waals surface area contributed by atoms with E-state index in [0.29, 0.717) is 0 Å². The summed E-state index contributed by atoms with van der Waals surface area (Å²) in [7, 11) is -0.317. The molecule has 0 aromatic heterocycles. The molecule has 0 aliphatic carbocycles. The van der Waals surface area contributed by atoms with Gasteiger partial charge >= 0.3 is 9.28 Å². The van der Waals surface area contributed by atoms with Crippen LogP contribution >= 0.6 is 0 Å². The Morgan fingerprint density at radius 3 is 2.73 bits per heavy atom. The molecule has 1 saturated heterocycles. The molecule has 0 saturated carbocycles. The van der Waals surface area contributed by atoms with Crippen LogP contribution in [0, 0.1) is 0 Å². The Kier molecular flexibility index (Phi) is 4.02. The van der Waals surface area contributed by atoms with Crippen molar-refractivity contribution in [1.29, 1.82) is 0 Å². The van der Waals surface area contributed by atoms with E-state index in [1.807, 2.05) is 0 Å². The zero-order chi connectivity index (χ0) is 8.10. The first-order valence-electron chi connectivity index (χ1n) is 3.84. The van der Waals surface area contributed by atoms with E-state index >= 15 is 0 Å². The third-order valence-corrected chi connectivity index (χ3v) is 3.16. The van der Waals surface area contributed by atoms with Crippen molar-refractivity contribution in [2.75, 3.05) is 39.6 Å². The number of hydrogen-bond acceptors (Lipinski definition) is 4. The standard InChI is InChI=1S/C6H15NO3Si/c1-9-11(8)6-7-2-4-10-5-3-7/h8,11H,2-6H2,1H3.